The van der Waals surface area contributed by atoms with Gasteiger partial charge in [0.05, 0.1) is 6.20 Å². The van der Waals surface area contributed by atoms with E-state index in [-0.39, 0.29) is 5.92 Å². The molecular formula is C12H20N8. The fourth-order valence-corrected chi connectivity index (χ4v) is 1.70. The number of nitrogen functional groups attached to an aromatic ring is 1. The zero-order valence-corrected chi connectivity index (χ0v) is 11.7. The molecule has 0 aliphatic rings. The molecule has 4 N–H and O–H groups in total. The molecule has 2 aromatic rings. The largest absolute Gasteiger partial charge is 0.370 e. The molecule has 0 spiro atoms. The summed E-state index contributed by atoms with van der Waals surface area (Å²) in [5.74, 6) is 7.82. The summed E-state index contributed by atoms with van der Waals surface area (Å²) in [4.78, 5) is 8.77. The van der Waals surface area contributed by atoms with Crippen LogP contribution in [0.15, 0.2) is 18.5 Å². The zero-order chi connectivity index (χ0) is 14.4. The van der Waals surface area contributed by atoms with E-state index in [1.807, 2.05) is 20.0 Å². The molecule has 2 aromatic heterocycles. The van der Waals surface area contributed by atoms with Crippen molar-refractivity contribution in [3.63, 3.8) is 0 Å². The van der Waals surface area contributed by atoms with Crippen LogP contribution in [0.2, 0.25) is 0 Å². The Kier molecular flexibility index (Phi) is 4.83. The van der Waals surface area contributed by atoms with Gasteiger partial charge in [-0.25, -0.2) is 15.8 Å². The van der Waals surface area contributed by atoms with Gasteiger partial charge in [0.2, 0.25) is 0 Å². The fourth-order valence-electron chi connectivity index (χ4n) is 1.70. The van der Waals surface area contributed by atoms with Gasteiger partial charge in [-0.3, -0.25) is 4.68 Å². The summed E-state index contributed by atoms with van der Waals surface area (Å²) in [6.07, 6.45) is 4.44. The second-order valence-corrected chi connectivity index (χ2v) is 4.74. The Balaban J connectivity index is 1.89. The van der Waals surface area contributed by atoms with E-state index in [2.05, 4.69) is 31.0 Å². The maximum atomic E-state index is 5.42. The predicted octanol–water partition coefficient (Wildman–Crippen LogP) is 0.979. The van der Waals surface area contributed by atoms with Crippen LogP contribution in [0.3, 0.4) is 0 Å². The molecule has 0 unspecified atom stereocenters. The van der Waals surface area contributed by atoms with Gasteiger partial charge in [0.25, 0.3) is 0 Å². The molecule has 0 atom stereocenters. The zero-order valence-electron chi connectivity index (χ0n) is 11.7. The van der Waals surface area contributed by atoms with E-state index in [0.717, 1.165) is 31.2 Å². The third-order valence-corrected chi connectivity index (χ3v) is 2.75. The Morgan fingerprint density at radius 2 is 2.10 bits per heavy atom. The Morgan fingerprint density at radius 3 is 2.75 bits per heavy atom. The van der Waals surface area contributed by atoms with Crippen LogP contribution in [-0.2, 0) is 6.54 Å². The van der Waals surface area contributed by atoms with Crippen LogP contribution in [0.25, 0.3) is 0 Å². The quantitative estimate of drug-likeness (QED) is 0.393. The Morgan fingerprint density at radius 1 is 1.30 bits per heavy atom. The molecule has 2 rings (SSSR count). The summed E-state index contributed by atoms with van der Waals surface area (Å²) in [5, 5.41) is 10.9. The molecule has 2 heterocycles. The van der Waals surface area contributed by atoms with Crippen LogP contribution < -0.4 is 16.6 Å². The van der Waals surface area contributed by atoms with E-state index in [9.17, 15) is 0 Å². The Hall–Kier alpha value is -2.22. The summed E-state index contributed by atoms with van der Waals surface area (Å²) in [7, 11) is 0. The van der Waals surface area contributed by atoms with Crippen molar-refractivity contribution in [2.75, 3.05) is 17.3 Å². The standard InChI is InChI=1S/C12H20N8/c1-9(2)12-16-10(8-11(17-12)18-13)14-4-3-6-20-7-5-15-19-20/h5,7-9H,3-4,6,13H2,1-2H3,(H2,14,16,17,18). The van der Waals surface area contributed by atoms with Crippen molar-refractivity contribution in [3.05, 3.63) is 24.3 Å². The number of nitrogens with one attached hydrogen (secondary N) is 2. The van der Waals surface area contributed by atoms with Crippen LogP contribution in [0.1, 0.15) is 32.0 Å². The summed E-state index contributed by atoms with van der Waals surface area (Å²) in [5.41, 5.74) is 2.56. The van der Waals surface area contributed by atoms with Gasteiger partial charge in [0.15, 0.2) is 0 Å². The fraction of sp³-hybridized carbons (Fsp3) is 0.500. The topological polar surface area (TPSA) is 107 Å². The van der Waals surface area contributed by atoms with Crippen molar-refractivity contribution in [1.29, 1.82) is 0 Å². The Bertz CT molecular complexity index is 522. The number of anilines is 2. The van der Waals surface area contributed by atoms with E-state index in [4.69, 9.17) is 5.84 Å². The van der Waals surface area contributed by atoms with Crippen molar-refractivity contribution < 1.29 is 0 Å². The van der Waals surface area contributed by atoms with Crippen LogP contribution in [-0.4, -0.2) is 31.5 Å². The van der Waals surface area contributed by atoms with Gasteiger partial charge < -0.3 is 10.7 Å². The maximum absolute atomic E-state index is 5.42. The molecule has 0 aromatic carbocycles. The lowest BCUT2D eigenvalue weighted by Crippen LogP contribution is -2.14. The number of hydrazine groups is 1. The molecule has 0 aliphatic heterocycles. The second-order valence-electron chi connectivity index (χ2n) is 4.74. The Labute approximate surface area is 117 Å². The smallest absolute Gasteiger partial charge is 0.145 e. The van der Waals surface area contributed by atoms with Crippen molar-refractivity contribution in [3.8, 4) is 0 Å². The number of aryl methyl sites for hydroxylation is 1. The lowest BCUT2D eigenvalue weighted by molar-refractivity contribution is 0.569. The van der Waals surface area contributed by atoms with Crippen molar-refractivity contribution in [2.45, 2.75) is 32.7 Å². The number of hydrogen-bond donors (Lipinski definition) is 3. The minimum absolute atomic E-state index is 0.249. The van der Waals surface area contributed by atoms with Gasteiger partial charge in [-0.2, -0.15) is 0 Å². The highest BCUT2D eigenvalue weighted by Gasteiger charge is 2.07. The molecule has 0 saturated heterocycles. The summed E-state index contributed by atoms with van der Waals surface area (Å²) >= 11 is 0. The van der Waals surface area contributed by atoms with Gasteiger partial charge in [-0.1, -0.05) is 19.1 Å². The van der Waals surface area contributed by atoms with Crippen LogP contribution in [0.5, 0.6) is 0 Å². The highest BCUT2D eigenvalue weighted by Crippen LogP contribution is 2.16. The van der Waals surface area contributed by atoms with Crippen molar-refractivity contribution in [2.24, 2.45) is 5.84 Å². The first kappa shape index (κ1) is 14.2. The average Bonchev–Trinajstić information content (AvgIpc) is 2.96. The van der Waals surface area contributed by atoms with Gasteiger partial charge in [-0.15, -0.1) is 5.10 Å². The third kappa shape index (κ3) is 3.89. The monoisotopic (exact) mass is 276 g/mol. The molecule has 8 heteroatoms. The lowest BCUT2D eigenvalue weighted by Gasteiger charge is -2.11. The summed E-state index contributed by atoms with van der Waals surface area (Å²) < 4.78 is 1.80. The normalized spacial score (nSPS) is 10.8. The minimum Gasteiger partial charge on any atom is -0.370 e. The highest BCUT2D eigenvalue weighted by molar-refractivity contribution is 5.47. The SMILES string of the molecule is CC(C)c1nc(NN)cc(NCCCn2ccnn2)n1. The number of hydrogen-bond acceptors (Lipinski definition) is 7. The molecule has 0 fully saturated rings. The first-order chi connectivity index (χ1) is 9.69. The predicted molar refractivity (Wildman–Crippen MR) is 77.1 cm³/mol. The molecular weight excluding hydrogens is 256 g/mol. The first-order valence-electron chi connectivity index (χ1n) is 6.62. The molecule has 108 valence electrons. The molecule has 0 aliphatic carbocycles. The first-order valence-corrected chi connectivity index (χ1v) is 6.62. The van der Waals surface area contributed by atoms with Crippen molar-refractivity contribution in [1.82, 2.24) is 25.0 Å². The molecule has 20 heavy (non-hydrogen) atoms. The van der Waals surface area contributed by atoms with Crippen LogP contribution >= 0.6 is 0 Å². The van der Waals surface area contributed by atoms with E-state index in [1.165, 1.54) is 0 Å². The second kappa shape index (κ2) is 6.80. The molecule has 8 nitrogen and oxygen atoms in total. The summed E-state index contributed by atoms with van der Waals surface area (Å²) in [6.45, 7) is 5.70. The number of nitrogens with two attached hydrogens (primary N) is 1. The van der Waals surface area contributed by atoms with Gasteiger partial charge in [0, 0.05) is 31.3 Å². The van der Waals surface area contributed by atoms with Gasteiger partial charge in [0.1, 0.15) is 17.5 Å². The minimum atomic E-state index is 0.249. The molecule has 0 saturated carbocycles. The highest BCUT2D eigenvalue weighted by atomic mass is 15.4. The molecule has 0 amide bonds. The van der Waals surface area contributed by atoms with E-state index < -0.39 is 0 Å². The van der Waals surface area contributed by atoms with E-state index in [0.29, 0.717) is 5.82 Å². The number of aromatic nitrogens is 5. The number of rotatable bonds is 7. The molecule has 0 radical (unpaired) electrons. The average molecular weight is 276 g/mol. The van der Waals surface area contributed by atoms with E-state index >= 15 is 0 Å². The van der Waals surface area contributed by atoms with Crippen molar-refractivity contribution >= 4 is 11.6 Å². The van der Waals surface area contributed by atoms with Gasteiger partial charge >= 0.3 is 0 Å². The lowest BCUT2D eigenvalue weighted by atomic mass is 10.2. The van der Waals surface area contributed by atoms with E-state index in [1.54, 1.807) is 16.9 Å². The summed E-state index contributed by atoms with van der Waals surface area (Å²) in [6, 6.07) is 1.79. The van der Waals surface area contributed by atoms with Crippen LogP contribution in [0.4, 0.5) is 11.6 Å². The maximum Gasteiger partial charge on any atom is 0.145 e. The third-order valence-electron chi connectivity index (χ3n) is 2.75. The van der Waals surface area contributed by atoms with Gasteiger partial charge in [-0.05, 0) is 6.42 Å². The van der Waals surface area contributed by atoms with Crippen LogP contribution in [0, 0.1) is 0 Å². The number of nitrogens with zero attached hydrogens (tertiary/aromatic N) is 5. The molecule has 0 bridgehead atoms.